The van der Waals surface area contributed by atoms with Crippen LogP contribution in [0.25, 0.3) is 0 Å². The summed E-state index contributed by atoms with van der Waals surface area (Å²) in [7, 11) is 0. The summed E-state index contributed by atoms with van der Waals surface area (Å²) in [6.07, 6.45) is 5.76. The molecular formula is C20H25N3O. The summed E-state index contributed by atoms with van der Waals surface area (Å²) in [6.45, 7) is 2.50. The first kappa shape index (κ1) is 15.6. The Morgan fingerprint density at radius 3 is 2.67 bits per heavy atom. The Morgan fingerprint density at radius 1 is 1.12 bits per heavy atom. The van der Waals surface area contributed by atoms with Crippen molar-refractivity contribution in [3.05, 3.63) is 59.3 Å². The zero-order valence-corrected chi connectivity index (χ0v) is 14.0. The standard InChI is InChI=1S/C20H25N3O/c24-19-8-4-10-23(14-19)20-17(7-3-9-21-20)13-22-18-11-15-5-1-2-6-16(15)12-18/h1-3,5-7,9,18-19,22,24H,4,8,10-14H2/t19-/m1/s1. The van der Waals surface area contributed by atoms with E-state index in [0.29, 0.717) is 12.6 Å². The molecule has 2 heterocycles. The summed E-state index contributed by atoms with van der Waals surface area (Å²) in [4.78, 5) is 6.83. The molecule has 2 aromatic rings. The SMILES string of the molecule is O[C@@H]1CCCN(c2ncccc2CNC2Cc3ccccc3C2)C1. The van der Waals surface area contributed by atoms with Crippen molar-refractivity contribution in [2.45, 2.75) is 44.4 Å². The summed E-state index contributed by atoms with van der Waals surface area (Å²) >= 11 is 0. The molecule has 4 heteroatoms. The maximum atomic E-state index is 9.95. The van der Waals surface area contributed by atoms with Gasteiger partial charge >= 0.3 is 0 Å². The molecule has 1 atom stereocenters. The second kappa shape index (κ2) is 6.91. The highest BCUT2D eigenvalue weighted by atomic mass is 16.3. The number of aromatic nitrogens is 1. The van der Waals surface area contributed by atoms with Crippen molar-refractivity contribution in [1.82, 2.24) is 10.3 Å². The van der Waals surface area contributed by atoms with Gasteiger partial charge in [-0.25, -0.2) is 4.98 Å². The number of nitrogens with zero attached hydrogens (tertiary/aromatic N) is 2. The normalized spacial score (nSPS) is 21.0. The molecule has 0 spiro atoms. The molecule has 0 saturated carbocycles. The van der Waals surface area contributed by atoms with E-state index in [4.69, 9.17) is 0 Å². The zero-order chi connectivity index (χ0) is 16.4. The topological polar surface area (TPSA) is 48.4 Å². The third kappa shape index (κ3) is 3.30. The number of hydrogen-bond donors (Lipinski definition) is 2. The molecule has 0 unspecified atom stereocenters. The first-order valence-electron chi connectivity index (χ1n) is 8.96. The molecule has 2 aliphatic rings. The number of pyridine rings is 1. The predicted octanol–water partition coefficient (Wildman–Crippen LogP) is 2.30. The van der Waals surface area contributed by atoms with E-state index < -0.39 is 0 Å². The molecule has 4 nitrogen and oxygen atoms in total. The average molecular weight is 323 g/mol. The van der Waals surface area contributed by atoms with Gasteiger partial charge in [0, 0.05) is 37.4 Å². The van der Waals surface area contributed by atoms with Crippen LogP contribution in [0.3, 0.4) is 0 Å². The number of aliphatic hydroxyl groups excluding tert-OH is 1. The first-order chi connectivity index (χ1) is 11.8. The van der Waals surface area contributed by atoms with Gasteiger partial charge in [0.25, 0.3) is 0 Å². The van der Waals surface area contributed by atoms with Crippen LogP contribution in [-0.4, -0.2) is 35.3 Å². The minimum absolute atomic E-state index is 0.231. The van der Waals surface area contributed by atoms with Gasteiger partial charge in [-0.3, -0.25) is 0 Å². The van der Waals surface area contributed by atoms with E-state index in [-0.39, 0.29) is 6.10 Å². The number of rotatable bonds is 4. The van der Waals surface area contributed by atoms with E-state index in [1.165, 1.54) is 16.7 Å². The fourth-order valence-electron chi connectivity index (χ4n) is 3.96. The Balaban J connectivity index is 1.42. The van der Waals surface area contributed by atoms with E-state index in [9.17, 15) is 5.11 Å². The Morgan fingerprint density at radius 2 is 1.92 bits per heavy atom. The number of aliphatic hydroxyl groups is 1. The van der Waals surface area contributed by atoms with Gasteiger partial charge in [0.05, 0.1) is 6.10 Å². The van der Waals surface area contributed by atoms with Crippen LogP contribution < -0.4 is 10.2 Å². The van der Waals surface area contributed by atoms with Crippen molar-refractivity contribution in [3.8, 4) is 0 Å². The average Bonchev–Trinajstić information content (AvgIpc) is 3.03. The van der Waals surface area contributed by atoms with Crippen LogP contribution >= 0.6 is 0 Å². The van der Waals surface area contributed by atoms with Gasteiger partial charge in [-0.05, 0) is 42.9 Å². The van der Waals surface area contributed by atoms with Crippen molar-refractivity contribution in [2.75, 3.05) is 18.0 Å². The largest absolute Gasteiger partial charge is 0.391 e. The van der Waals surface area contributed by atoms with Crippen LogP contribution in [0.1, 0.15) is 29.5 Å². The highest BCUT2D eigenvalue weighted by Gasteiger charge is 2.23. The van der Waals surface area contributed by atoms with Crippen LogP contribution in [-0.2, 0) is 19.4 Å². The summed E-state index contributed by atoms with van der Waals surface area (Å²) in [6, 6.07) is 13.4. The molecule has 126 valence electrons. The maximum Gasteiger partial charge on any atom is 0.133 e. The highest BCUT2D eigenvalue weighted by Crippen LogP contribution is 2.24. The molecule has 0 bridgehead atoms. The molecular weight excluding hydrogens is 298 g/mol. The third-order valence-electron chi connectivity index (χ3n) is 5.20. The minimum atomic E-state index is -0.231. The lowest BCUT2D eigenvalue weighted by molar-refractivity contribution is 0.153. The molecule has 1 aromatic carbocycles. The first-order valence-corrected chi connectivity index (χ1v) is 8.96. The van der Waals surface area contributed by atoms with Crippen LogP contribution in [0.2, 0.25) is 0 Å². The number of β-amino-alcohol motifs (C(OH)–C–C–N with tert-alkyl or cyclic N) is 1. The lowest BCUT2D eigenvalue weighted by atomic mass is 10.1. The van der Waals surface area contributed by atoms with Crippen LogP contribution in [0, 0.1) is 0 Å². The van der Waals surface area contributed by atoms with Crippen LogP contribution in [0.15, 0.2) is 42.6 Å². The number of hydrogen-bond acceptors (Lipinski definition) is 4. The molecule has 4 rings (SSSR count). The minimum Gasteiger partial charge on any atom is -0.391 e. The fraction of sp³-hybridized carbons (Fsp3) is 0.450. The molecule has 24 heavy (non-hydrogen) atoms. The summed E-state index contributed by atoms with van der Waals surface area (Å²) in [5, 5.41) is 13.7. The lowest BCUT2D eigenvalue weighted by Crippen LogP contribution is -2.39. The van der Waals surface area contributed by atoms with Crippen LogP contribution in [0.4, 0.5) is 5.82 Å². The second-order valence-electron chi connectivity index (χ2n) is 6.98. The molecule has 0 radical (unpaired) electrons. The molecule has 1 aliphatic carbocycles. The van der Waals surface area contributed by atoms with E-state index in [1.807, 2.05) is 12.3 Å². The summed E-state index contributed by atoms with van der Waals surface area (Å²) in [5.41, 5.74) is 4.17. The summed E-state index contributed by atoms with van der Waals surface area (Å²) < 4.78 is 0. The number of benzene rings is 1. The zero-order valence-electron chi connectivity index (χ0n) is 14.0. The quantitative estimate of drug-likeness (QED) is 0.906. The molecule has 1 saturated heterocycles. The van der Waals surface area contributed by atoms with E-state index in [0.717, 1.165) is 44.6 Å². The highest BCUT2D eigenvalue weighted by molar-refractivity contribution is 5.47. The molecule has 2 N–H and O–H groups in total. The number of piperidine rings is 1. The Bertz CT molecular complexity index is 678. The third-order valence-corrected chi connectivity index (χ3v) is 5.20. The van der Waals surface area contributed by atoms with Crippen molar-refractivity contribution in [1.29, 1.82) is 0 Å². The summed E-state index contributed by atoms with van der Waals surface area (Å²) in [5.74, 6) is 1.03. The maximum absolute atomic E-state index is 9.95. The van der Waals surface area contributed by atoms with Crippen LogP contribution in [0.5, 0.6) is 0 Å². The molecule has 1 fully saturated rings. The Labute approximate surface area is 143 Å². The molecule has 0 amide bonds. The Hall–Kier alpha value is -1.91. The smallest absolute Gasteiger partial charge is 0.133 e. The van der Waals surface area contributed by atoms with Gasteiger partial charge in [-0.15, -0.1) is 0 Å². The van der Waals surface area contributed by atoms with Crippen molar-refractivity contribution in [2.24, 2.45) is 0 Å². The van der Waals surface area contributed by atoms with Crippen molar-refractivity contribution in [3.63, 3.8) is 0 Å². The lowest BCUT2D eigenvalue weighted by Gasteiger charge is -2.32. The number of fused-ring (bicyclic) bond motifs is 1. The molecule has 1 aromatic heterocycles. The Kier molecular flexibility index (Phi) is 4.50. The van der Waals surface area contributed by atoms with E-state index >= 15 is 0 Å². The van der Waals surface area contributed by atoms with Gasteiger partial charge in [0.1, 0.15) is 5.82 Å². The van der Waals surface area contributed by atoms with Gasteiger partial charge < -0.3 is 15.3 Å². The van der Waals surface area contributed by atoms with Gasteiger partial charge in [-0.2, -0.15) is 0 Å². The number of nitrogens with one attached hydrogen (secondary N) is 1. The van der Waals surface area contributed by atoms with Gasteiger partial charge in [0.2, 0.25) is 0 Å². The van der Waals surface area contributed by atoms with Gasteiger partial charge in [0.15, 0.2) is 0 Å². The molecule has 1 aliphatic heterocycles. The fourth-order valence-corrected chi connectivity index (χ4v) is 3.96. The van der Waals surface area contributed by atoms with Crippen molar-refractivity contribution < 1.29 is 5.11 Å². The number of anilines is 1. The monoisotopic (exact) mass is 323 g/mol. The predicted molar refractivity (Wildman–Crippen MR) is 96.2 cm³/mol. The van der Waals surface area contributed by atoms with Gasteiger partial charge in [-0.1, -0.05) is 30.3 Å². The second-order valence-corrected chi connectivity index (χ2v) is 6.98. The van der Waals surface area contributed by atoms with Crippen molar-refractivity contribution >= 4 is 5.82 Å². The van der Waals surface area contributed by atoms with E-state index in [2.05, 4.69) is 45.5 Å². The van der Waals surface area contributed by atoms with E-state index in [1.54, 1.807) is 0 Å².